The Bertz CT molecular complexity index is 685. The lowest BCUT2D eigenvalue weighted by Gasteiger charge is -2.36. The summed E-state index contributed by atoms with van der Waals surface area (Å²) in [5.41, 5.74) is 2.45. The van der Waals surface area contributed by atoms with Crippen LogP contribution >= 0.6 is 15.9 Å². The first-order valence-corrected chi connectivity index (χ1v) is 9.53. The van der Waals surface area contributed by atoms with E-state index < -0.39 is 0 Å². The van der Waals surface area contributed by atoms with Gasteiger partial charge in [-0.25, -0.2) is 0 Å². The van der Waals surface area contributed by atoms with Gasteiger partial charge in [0.05, 0.1) is 19.8 Å². The van der Waals surface area contributed by atoms with E-state index in [1.807, 2.05) is 25.1 Å². The highest BCUT2D eigenvalue weighted by molar-refractivity contribution is 9.10. The minimum atomic E-state index is 0.159. The summed E-state index contributed by atoms with van der Waals surface area (Å²) in [7, 11) is 1.70. The van der Waals surface area contributed by atoms with Crippen LogP contribution in [0.5, 0.6) is 11.5 Å². The molecular formula is C20H25BrN2O2. The van der Waals surface area contributed by atoms with Gasteiger partial charge in [-0.05, 0) is 42.8 Å². The number of nitrogens with one attached hydrogen (secondary N) is 1. The van der Waals surface area contributed by atoms with Crippen molar-refractivity contribution in [1.82, 2.24) is 10.2 Å². The second-order valence-corrected chi connectivity index (χ2v) is 6.99. The molecule has 0 saturated carbocycles. The lowest BCUT2D eigenvalue weighted by molar-refractivity contribution is 0.194. The van der Waals surface area contributed by atoms with E-state index in [0.717, 1.165) is 42.2 Å². The van der Waals surface area contributed by atoms with Crippen LogP contribution in [0.2, 0.25) is 0 Å². The van der Waals surface area contributed by atoms with Crippen LogP contribution in [0.1, 0.15) is 24.1 Å². The van der Waals surface area contributed by atoms with Gasteiger partial charge in [-0.3, -0.25) is 4.90 Å². The number of hydrogen-bond donors (Lipinski definition) is 1. The predicted molar refractivity (Wildman–Crippen MR) is 105 cm³/mol. The SMILES string of the molecule is CCOc1ccc(Br)cc1C(c1ccc(OC)cc1)N1CCNCC1. The molecule has 1 saturated heterocycles. The van der Waals surface area contributed by atoms with Crippen molar-refractivity contribution in [3.63, 3.8) is 0 Å². The summed E-state index contributed by atoms with van der Waals surface area (Å²) in [5.74, 6) is 1.83. The zero-order chi connectivity index (χ0) is 17.6. The standard InChI is InChI=1S/C20H25BrN2O2/c1-3-25-19-9-6-16(21)14-18(19)20(23-12-10-22-11-13-23)15-4-7-17(24-2)8-5-15/h4-9,14,20,22H,3,10-13H2,1-2H3. The number of nitrogens with zero attached hydrogens (tertiary/aromatic N) is 1. The molecule has 1 aliphatic rings. The van der Waals surface area contributed by atoms with Gasteiger partial charge in [-0.1, -0.05) is 28.1 Å². The van der Waals surface area contributed by atoms with Crippen LogP contribution in [0.3, 0.4) is 0 Å². The van der Waals surface area contributed by atoms with E-state index in [4.69, 9.17) is 9.47 Å². The molecule has 2 aromatic carbocycles. The van der Waals surface area contributed by atoms with Crippen LogP contribution in [0.4, 0.5) is 0 Å². The molecule has 1 N–H and O–H groups in total. The molecule has 0 amide bonds. The van der Waals surface area contributed by atoms with Crippen LogP contribution in [0.15, 0.2) is 46.9 Å². The van der Waals surface area contributed by atoms with Crippen molar-refractivity contribution in [3.05, 3.63) is 58.1 Å². The number of halogens is 1. The van der Waals surface area contributed by atoms with E-state index in [1.54, 1.807) is 7.11 Å². The molecule has 0 spiro atoms. The molecule has 3 rings (SSSR count). The number of hydrogen-bond acceptors (Lipinski definition) is 4. The number of methoxy groups -OCH3 is 1. The van der Waals surface area contributed by atoms with Gasteiger partial charge in [0.25, 0.3) is 0 Å². The third-order valence-corrected chi connectivity index (χ3v) is 5.01. The van der Waals surface area contributed by atoms with Crippen LogP contribution < -0.4 is 14.8 Å². The summed E-state index contributed by atoms with van der Waals surface area (Å²) in [6, 6.07) is 14.8. The van der Waals surface area contributed by atoms with Crippen molar-refractivity contribution in [2.45, 2.75) is 13.0 Å². The van der Waals surface area contributed by atoms with Gasteiger partial charge in [-0.2, -0.15) is 0 Å². The number of rotatable bonds is 6. The van der Waals surface area contributed by atoms with Crippen molar-refractivity contribution in [2.24, 2.45) is 0 Å². The molecule has 0 aliphatic carbocycles. The first-order valence-electron chi connectivity index (χ1n) is 8.74. The Labute approximate surface area is 158 Å². The molecule has 4 nitrogen and oxygen atoms in total. The van der Waals surface area contributed by atoms with E-state index in [-0.39, 0.29) is 6.04 Å². The number of piperazine rings is 1. The Kier molecular flexibility index (Phi) is 6.34. The van der Waals surface area contributed by atoms with E-state index in [9.17, 15) is 0 Å². The minimum Gasteiger partial charge on any atom is -0.497 e. The molecule has 25 heavy (non-hydrogen) atoms. The molecule has 0 bridgehead atoms. The number of benzene rings is 2. The van der Waals surface area contributed by atoms with Crippen molar-refractivity contribution in [1.29, 1.82) is 0 Å². The summed E-state index contributed by atoms with van der Waals surface area (Å²) < 4.78 is 12.3. The summed E-state index contributed by atoms with van der Waals surface area (Å²) in [4.78, 5) is 2.52. The average molecular weight is 405 g/mol. The van der Waals surface area contributed by atoms with Crippen molar-refractivity contribution < 1.29 is 9.47 Å². The van der Waals surface area contributed by atoms with Crippen LogP contribution in [-0.2, 0) is 0 Å². The van der Waals surface area contributed by atoms with E-state index in [1.165, 1.54) is 11.1 Å². The van der Waals surface area contributed by atoms with Crippen molar-refractivity contribution >= 4 is 15.9 Å². The lowest BCUT2D eigenvalue weighted by Crippen LogP contribution is -2.45. The molecule has 134 valence electrons. The maximum atomic E-state index is 5.94. The van der Waals surface area contributed by atoms with Gasteiger partial charge >= 0.3 is 0 Å². The number of ether oxygens (including phenoxy) is 2. The Morgan fingerprint density at radius 2 is 1.84 bits per heavy atom. The van der Waals surface area contributed by atoms with Crippen molar-refractivity contribution in [3.8, 4) is 11.5 Å². The van der Waals surface area contributed by atoms with Gasteiger partial charge in [0.1, 0.15) is 11.5 Å². The van der Waals surface area contributed by atoms with E-state index in [0.29, 0.717) is 6.61 Å². The molecular weight excluding hydrogens is 380 g/mol. The molecule has 0 aromatic heterocycles. The molecule has 5 heteroatoms. The third kappa shape index (κ3) is 4.35. The lowest BCUT2D eigenvalue weighted by atomic mass is 9.95. The Morgan fingerprint density at radius 3 is 2.48 bits per heavy atom. The zero-order valence-electron chi connectivity index (χ0n) is 14.8. The smallest absolute Gasteiger partial charge is 0.124 e. The van der Waals surface area contributed by atoms with E-state index in [2.05, 4.69) is 50.4 Å². The molecule has 1 fully saturated rings. The van der Waals surface area contributed by atoms with E-state index >= 15 is 0 Å². The molecule has 1 heterocycles. The van der Waals surface area contributed by atoms with Gasteiger partial charge in [-0.15, -0.1) is 0 Å². The monoisotopic (exact) mass is 404 g/mol. The Morgan fingerprint density at radius 1 is 1.12 bits per heavy atom. The molecule has 1 aliphatic heterocycles. The Hall–Kier alpha value is -1.56. The third-order valence-electron chi connectivity index (χ3n) is 4.51. The summed E-state index contributed by atoms with van der Waals surface area (Å²) >= 11 is 3.63. The highest BCUT2D eigenvalue weighted by Crippen LogP contribution is 2.37. The molecule has 1 atom stereocenters. The highest BCUT2D eigenvalue weighted by atomic mass is 79.9. The predicted octanol–water partition coefficient (Wildman–Crippen LogP) is 3.85. The topological polar surface area (TPSA) is 33.7 Å². The zero-order valence-corrected chi connectivity index (χ0v) is 16.4. The minimum absolute atomic E-state index is 0.159. The van der Waals surface area contributed by atoms with Crippen LogP contribution in [0, 0.1) is 0 Å². The first kappa shape index (κ1) is 18.2. The average Bonchev–Trinajstić information content (AvgIpc) is 2.66. The van der Waals surface area contributed by atoms with Crippen LogP contribution in [0.25, 0.3) is 0 Å². The fourth-order valence-corrected chi connectivity index (χ4v) is 3.71. The maximum Gasteiger partial charge on any atom is 0.124 e. The van der Waals surface area contributed by atoms with Gasteiger partial charge in [0, 0.05) is 36.2 Å². The first-order chi connectivity index (χ1) is 12.2. The van der Waals surface area contributed by atoms with Gasteiger partial charge < -0.3 is 14.8 Å². The molecule has 0 radical (unpaired) electrons. The highest BCUT2D eigenvalue weighted by Gasteiger charge is 2.27. The maximum absolute atomic E-state index is 5.94. The Balaban J connectivity index is 2.05. The quantitative estimate of drug-likeness (QED) is 0.792. The second-order valence-electron chi connectivity index (χ2n) is 6.08. The largest absolute Gasteiger partial charge is 0.497 e. The normalized spacial score (nSPS) is 16.4. The second kappa shape index (κ2) is 8.70. The summed E-state index contributed by atoms with van der Waals surface area (Å²) in [6.45, 7) is 6.71. The van der Waals surface area contributed by atoms with Crippen LogP contribution in [-0.4, -0.2) is 44.8 Å². The fraction of sp³-hybridized carbons (Fsp3) is 0.400. The molecule has 1 unspecified atom stereocenters. The van der Waals surface area contributed by atoms with Crippen molar-refractivity contribution in [2.75, 3.05) is 39.9 Å². The molecule has 2 aromatic rings. The summed E-state index contributed by atoms with van der Waals surface area (Å²) in [6.07, 6.45) is 0. The fourth-order valence-electron chi connectivity index (χ4n) is 3.33. The van der Waals surface area contributed by atoms with Gasteiger partial charge in [0.2, 0.25) is 0 Å². The van der Waals surface area contributed by atoms with Gasteiger partial charge in [0.15, 0.2) is 0 Å². The summed E-state index contributed by atoms with van der Waals surface area (Å²) in [5, 5.41) is 3.44.